The van der Waals surface area contributed by atoms with Gasteiger partial charge in [0.05, 0.1) is 16.9 Å². The molecule has 1 heterocycles. The fraction of sp³-hybridized carbons (Fsp3) is 0.267. The molecule has 0 amide bonds. The molecule has 4 heteroatoms. The number of anilines is 1. The summed E-state index contributed by atoms with van der Waals surface area (Å²) >= 11 is 6.07. The van der Waals surface area contributed by atoms with Crippen molar-refractivity contribution >= 4 is 17.3 Å². The summed E-state index contributed by atoms with van der Waals surface area (Å²) in [4.78, 5) is 4.04. The van der Waals surface area contributed by atoms with E-state index in [0.29, 0.717) is 17.0 Å². The van der Waals surface area contributed by atoms with E-state index in [9.17, 15) is 4.39 Å². The first kappa shape index (κ1) is 12.4. The van der Waals surface area contributed by atoms with Gasteiger partial charge in [-0.2, -0.15) is 0 Å². The van der Waals surface area contributed by atoms with Crippen LogP contribution in [-0.2, 0) is 0 Å². The van der Waals surface area contributed by atoms with Crippen molar-refractivity contribution in [2.24, 2.45) is 0 Å². The second kappa shape index (κ2) is 5.17. The Morgan fingerprint density at radius 1 is 1.21 bits per heavy atom. The lowest BCUT2D eigenvalue weighted by Gasteiger charge is -2.37. The molecule has 2 nitrogen and oxygen atoms in total. The van der Waals surface area contributed by atoms with E-state index in [1.165, 1.54) is 6.07 Å². The van der Waals surface area contributed by atoms with E-state index in [-0.39, 0.29) is 5.82 Å². The van der Waals surface area contributed by atoms with E-state index in [2.05, 4.69) is 10.3 Å². The molecule has 1 fully saturated rings. The van der Waals surface area contributed by atoms with E-state index in [1.54, 1.807) is 24.5 Å². The first-order valence-electron chi connectivity index (χ1n) is 6.34. The fourth-order valence-corrected chi connectivity index (χ4v) is 2.66. The molecule has 1 aromatic heterocycles. The summed E-state index contributed by atoms with van der Waals surface area (Å²) in [5, 5.41) is 4.02. The van der Waals surface area contributed by atoms with Crippen LogP contribution in [0.4, 0.5) is 10.1 Å². The van der Waals surface area contributed by atoms with Crippen molar-refractivity contribution in [2.45, 2.75) is 24.8 Å². The Hall–Kier alpha value is -1.61. The number of halogens is 2. The van der Waals surface area contributed by atoms with Gasteiger partial charge in [-0.15, -0.1) is 0 Å². The summed E-state index contributed by atoms with van der Waals surface area (Å²) in [5.41, 5.74) is 1.67. The van der Waals surface area contributed by atoms with Crippen molar-refractivity contribution in [1.29, 1.82) is 0 Å². The van der Waals surface area contributed by atoms with Crippen LogP contribution in [0.2, 0.25) is 5.02 Å². The van der Waals surface area contributed by atoms with Crippen LogP contribution in [0.3, 0.4) is 0 Å². The second-order valence-electron chi connectivity index (χ2n) is 4.89. The predicted molar refractivity (Wildman–Crippen MR) is 75.0 cm³/mol. The fourth-order valence-electron chi connectivity index (χ4n) is 2.50. The summed E-state index contributed by atoms with van der Waals surface area (Å²) in [6, 6.07) is 9.10. The summed E-state index contributed by atoms with van der Waals surface area (Å²) in [5.74, 6) is 0.194. The molecular weight excluding hydrogens is 263 g/mol. The minimum absolute atomic E-state index is 0.106. The average molecular weight is 277 g/mol. The maximum absolute atomic E-state index is 13.6. The number of pyridine rings is 1. The molecule has 0 aliphatic heterocycles. The average Bonchev–Trinajstić information content (AvgIpc) is 2.37. The van der Waals surface area contributed by atoms with E-state index in [1.807, 2.05) is 12.1 Å². The molecule has 0 bridgehead atoms. The molecule has 1 N–H and O–H groups in total. The number of benzene rings is 1. The van der Waals surface area contributed by atoms with Crippen molar-refractivity contribution in [3.8, 4) is 0 Å². The SMILES string of the molecule is Fc1ccccc1C1CC(Nc2cnccc2Cl)C1. The third-order valence-corrected chi connectivity index (χ3v) is 3.94. The molecule has 3 rings (SSSR count). The molecule has 0 spiro atoms. The van der Waals surface area contributed by atoms with Gasteiger partial charge in [-0.1, -0.05) is 29.8 Å². The molecule has 0 saturated heterocycles. The van der Waals surface area contributed by atoms with Gasteiger partial charge in [-0.25, -0.2) is 4.39 Å². The van der Waals surface area contributed by atoms with Crippen molar-refractivity contribution in [3.05, 3.63) is 59.1 Å². The van der Waals surface area contributed by atoms with E-state index in [0.717, 1.165) is 24.1 Å². The lowest BCUT2D eigenvalue weighted by Crippen LogP contribution is -2.34. The van der Waals surface area contributed by atoms with Crippen LogP contribution < -0.4 is 5.32 Å². The van der Waals surface area contributed by atoms with Crippen LogP contribution >= 0.6 is 11.6 Å². The van der Waals surface area contributed by atoms with Gasteiger partial charge in [0.1, 0.15) is 5.82 Å². The van der Waals surface area contributed by atoms with E-state index >= 15 is 0 Å². The second-order valence-corrected chi connectivity index (χ2v) is 5.29. The van der Waals surface area contributed by atoms with Crippen molar-refractivity contribution in [1.82, 2.24) is 4.98 Å². The lowest BCUT2D eigenvalue weighted by atomic mass is 9.75. The van der Waals surface area contributed by atoms with Gasteiger partial charge in [-0.05, 0) is 36.5 Å². The maximum atomic E-state index is 13.6. The number of aromatic nitrogens is 1. The van der Waals surface area contributed by atoms with Crippen LogP contribution in [0.15, 0.2) is 42.7 Å². The van der Waals surface area contributed by atoms with E-state index in [4.69, 9.17) is 11.6 Å². The standard InChI is InChI=1S/C15H14ClFN2/c16-13-5-6-18-9-15(13)19-11-7-10(8-11)12-3-1-2-4-14(12)17/h1-6,9-11,19H,7-8H2. The zero-order valence-electron chi connectivity index (χ0n) is 10.3. The number of rotatable bonds is 3. The highest BCUT2D eigenvalue weighted by Gasteiger charge is 2.32. The Morgan fingerprint density at radius 2 is 2.00 bits per heavy atom. The van der Waals surface area contributed by atoms with Gasteiger partial charge in [0, 0.05) is 12.2 Å². The van der Waals surface area contributed by atoms with Crippen molar-refractivity contribution in [3.63, 3.8) is 0 Å². The Balaban J connectivity index is 1.62. The Bertz CT molecular complexity index is 582. The first-order chi connectivity index (χ1) is 9.24. The van der Waals surface area contributed by atoms with Crippen LogP contribution in [0, 0.1) is 5.82 Å². The van der Waals surface area contributed by atoms with E-state index < -0.39 is 0 Å². The van der Waals surface area contributed by atoms with Gasteiger partial charge < -0.3 is 5.32 Å². The molecule has 1 aromatic carbocycles. The van der Waals surface area contributed by atoms with Crippen molar-refractivity contribution < 1.29 is 4.39 Å². The number of hydrogen-bond donors (Lipinski definition) is 1. The van der Waals surface area contributed by atoms with Crippen LogP contribution in [0.1, 0.15) is 24.3 Å². The zero-order chi connectivity index (χ0) is 13.2. The molecular formula is C15H14ClFN2. The lowest BCUT2D eigenvalue weighted by molar-refractivity contribution is 0.363. The molecule has 0 atom stereocenters. The summed E-state index contributed by atoms with van der Waals surface area (Å²) in [6.07, 6.45) is 5.23. The highest BCUT2D eigenvalue weighted by Crippen LogP contribution is 2.40. The largest absolute Gasteiger partial charge is 0.380 e. The quantitative estimate of drug-likeness (QED) is 0.907. The van der Waals surface area contributed by atoms with Gasteiger partial charge in [0.25, 0.3) is 0 Å². The highest BCUT2D eigenvalue weighted by atomic mass is 35.5. The van der Waals surface area contributed by atoms with Crippen LogP contribution in [0.5, 0.6) is 0 Å². The normalized spacial score (nSPS) is 21.8. The first-order valence-corrected chi connectivity index (χ1v) is 6.72. The van der Waals surface area contributed by atoms with Gasteiger partial charge in [0.2, 0.25) is 0 Å². The molecule has 1 aliphatic rings. The smallest absolute Gasteiger partial charge is 0.126 e. The van der Waals surface area contributed by atoms with Crippen LogP contribution in [-0.4, -0.2) is 11.0 Å². The number of hydrogen-bond acceptors (Lipinski definition) is 2. The monoisotopic (exact) mass is 276 g/mol. The predicted octanol–water partition coefficient (Wildman–Crippen LogP) is 4.23. The third-order valence-electron chi connectivity index (χ3n) is 3.61. The molecule has 98 valence electrons. The molecule has 0 radical (unpaired) electrons. The van der Waals surface area contributed by atoms with Gasteiger partial charge in [0.15, 0.2) is 0 Å². The summed E-state index contributed by atoms with van der Waals surface area (Å²) < 4.78 is 13.6. The Labute approximate surface area is 116 Å². The summed E-state index contributed by atoms with van der Waals surface area (Å²) in [7, 11) is 0. The molecule has 2 aromatic rings. The Kier molecular flexibility index (Phi) is 3.38. The zero-order valence-corrected chi connectivity index (χ0v) is 11.1. The summed E-state index contributed by atoms with van der Waals surface area (Å²) in [6.45, 7) is 0. The third kappa shape index (κ3) is 2.56. The van der Waals surface area contributed by atoms with Crippen LogP contribution in [0.25, 0.3) is 0 Å². The number of nitrogens with zero attached hydrogens (tertiary/aromatic N) is 1. The number of nitrogens with one attached hydrogen (secondary N) is 1. The molecule has 1 aliphatic carbocycles. The topological polar surface area (TPSA) is 24.9 Å². The Morgan fingerprint density at radius 3 is 2.74 bits per heavy atom. The molecule has 1 saturated carbocycles. The minimum atomic E-state index is -0.106. The molecule has 19 heavy (non-hydrogen) atoms. The van der Waals surface area contributed by atoms with Gasteiger partial charge in [-0.3, -0.25) is 4.98 Å². The van der Waals surface area contributed by atoms with Crippen molar-refractivity contribution in [2.75, 3.05) is 5.32 Å². The minimum Gasteiger partial charge on any atom is -0.380 e. The highest BCUT2D eigenvalue weighted by molar-refractivity contribution is 6.33. The maximum Gasteiger partial charge on any atom is 0.126 e. The molecule has 0 unspecified atom stereocenters. The van der Waals surface area contributed by atoms with Gasteiger partial charge >= 0.3 is 0 Å².